The van der Waals surface area contributed by atoms with Crippen LogP contribution in [-0.4, -0.2) is 18.2 Å². The number of nitrogens with zero attached hydrogens (tertiary/aromatic N) is 1. The van der Waals surface area contributed by atoms with Crippen molar-refractivity contribution in [2.24, 2.45) is 16.3 Å². The summed E-state index contributed by atoms with van der Waals surface area (Å²) in [4.78, 5) is 19.6. The van der Waals surface area contributed by atoms with Crippen molar-refractivity contribution in [3.8, 4) is 5.75 Å². The van der Waals surface area contributed by atoms with E-state index in [0.717, 1.165) is 54.0 Å². The van der Waals surface area contributed by atoms with E-state index in [0.29, 0.717) is 18.0 Å². The quantitative estimate of drug-likeness (QED) is 0.197. The predicted molar refractivity (Wildman–Crippen MR) is 164 cm³/mol. The zero-order valence-electron chi connectivity index (χ0n) is 21.3. The highest BCUT2D eigenvalue weighted by Gasteiger charge is 2.33. The number of rotatable bonds is 7. The van der Waals surface area contributed by atoms with Gasteiger partial charge in [-0.3, -0.25) is 4.79 Å². The smallest absolute Gasteiger partial charge is 0.255 e. The van der Waals surface area contributed by atoms with E-state index in [4.69, 9.17) is 14.1 Å². The Labute approximate surface area is 244 Å². The van der Waals surface area contributed by atoms with Crippen molar-refractivity contribution >= 4 is 73.6 Å². The molecule has 1 aliphatic carbocycles. The summed E-state index contributed by atoms with van der Waals surface area (Å²) in [5.74, 6) is 2.14. The number of carbonyl (C=O) groups is 1. The fourth-order valence-electron chi connectivity index (χ4n) is 4.44. The maximum absolute atomic E-state index is 13.4. The molecule has 0 unspecified atom stereocenters. The van der Waals surface area contributed by atoms with E-state index in [1.807, 2.05) is 32.2 Å². The topological polar surface area (TPSA) is 63.8 Å². The van der Waals surface area contributed by atoms with E-state index in [9.17, 15) is 4.79 Å². The molecule has 0 bridgehead atoms. The first-order valence-corrected chi connectivity index (χ1v) is 15.1. The number of fused-ring (bicyclic) bond motifs is 1. The average molecular weight is 730 g/mol. The first-order chi connectivity index (χ1) is 17.0. The minimum atomic E-state index is -0.0879. The lowest BCUT2D eigenvalue weighted by Gasteiger charge is -2.33. The summed E-state index contributed by atoms with van der Waals surface area (Å²) in [6, 6.07) is 7.84. The number of halogens is 2. The van der Waals surface area contributed by atoms with Gasteiger partial charge in [0.1, 0.15) is 16.5 Å². The Hall–Kier alpha value is -1.40. The van der Waals surface area contributed by atoms with Crippen molar-refractivity contribution in [3.05, 3.63) is 65.0 Å². The van der Waals surface area contributed by atoms with Crippen LogP contribution in [0.5, 0.6) is 5.75 Å². The first-order valence-electron chi connectivity index (χ1n) is 12.2. The molecule has 3 aromatic rings. The molecule has 192 valence electrons. The molecule has 0 fully saturated rings. The molecule has 4 rings (SSSR count). The third-order valence-electron chi connectivity index (χ3n) is 6.41. The summed E-state index contributed by atoms with van der Waals surface area (Å²) in [5.41, 5.74) is 3.10. The van der Waals surface area contributed by atoms with E-state index < -0.39 is 0 Å². The standard InChI is InChI=1S/C28H32I2N2O3S/c1-16(2)35-25-21(29)11-17(12-22(25)30)14-32-27-24(26(33)31-15-19-7-6-10-34-19)20-9-8-18(28(3,4)5)13-23(20)36-27/h6-7,10-12,14,16,18H,8-9,13,15H2,1-5H3,(H,31,33)/t18-/m0/s1. The molecule has 0 saturated carbocycles. The Morgan fingerprint density at radius 3 is 2.64 bits per heavy atom. The number of thiophene rings is 1. The number of ether oxygens (including phenoxy) is 1. The zero-order chi connectivity index (χ0) is 26.0. The number of hydrogen-bond acceptors (Lipinski definition) is 5. The summed E-state index contributed by atoms with van der Waals surface area (Å²) in [5, 5.41) is 3.82. The molecule has 1 N–H and O–H groups in total. The summed E-state index contributed by atoms with van der Waals surface area (Å²) in [6.07, 6.45) is 6.59. The molecule has 0 spiro atoms. The van der Waals surface area contributed by atoms with Crippen molar-refractivity contribution in [2.75, 3.05) is 0 Å². The van der Waals surface area contributed by atoms with Gasteiger partial charge in [-0.25, -0.2) is 4.99 Å². The number of aliphatic imine (C=N–C) groups is 1. The number of nitrogens with one attached hydrogen (secondary N) is 1. The lowest BCUT2D eigenvalue weighted by molar-refractivity contribution is 0.0947. The lowest BCUT2D eigenvalue weighted by atomic mass is 9.72. The molecule has 5 nitrogen and oxygen atoms in total. The van der Waals surface area contributed by atoms with Crippen LogP contribution in [0.15, 0.2) is 39.9 Å². The van der Waals surface area contributed by atoms with Crippen LogP contribution in [0, 0.1) is 18.5 Å². The van der Waals surface area contributed by atoms with Crippen LogP contribution in [0.4, 0.5) is 5.00 Å². The molecule has 1 aromatic carbocycles. The number of furan rings is 1. The van der Waals surface area contributed by atoms with Crippen LogP contribution in [0.1, 0.15) is 73.2 Å². The summed E-state index contributed by atoms with van der Waals surface area (Å²) < 4.78 is 13.5. The van der Waals surface area contributed by atoms with Crippen LogP contribution in [-0.2, 0) is 19.4 Å². The molecular formula is C28H32I2N2O3S. The van der Waals surface area contributed by atoms with Crippen molar-refractivity contribution in [2.45, 2.75) is 66.5 Å². The molecule has 1 atom stereocenters. The fourth-order valence-corrected chi connectivity index (χ4v) is 7.78. The SMILES string of the molecule is CC(C)Oc1c(I)cc(C=Nc2sc3c(c2C(=O)NCc2ccco2)CC[C@H](C(C)(C)C)C3)cc1I. The van der Waals surface area contributed by atoms with E-state index in [1.54, 1.807) is 17.6 Å². The molecular weight excluding hydrogens is 698 g/mol. The Morgan fingerprint density at radius 1 is 1.31 bits per heavy atom. The number of benzene rings is 1. The van der Waals surface area contributed by atoms with Crippen LogP contribution in [0.2, 0.25) is 0 Å². The van der Waals surface area contributed by atoms with Crippen molar-refractivity contribution in [1.29, 1.82) is 0 Å². The van der Waals surface area contributed by atoms with Gasteiger partial charge in [0.2, 0.25) is 0 Å². The van der Waals surface area contributed by atoms with E-state index in [-0.39, 0.29) is 17.4 Å². The minimum absolute atomic E-state index is 0.0879. The highest BCUT2D eigenvalue weighted by molar-refractivity contribution is 14.1. The fraction of sp³-hybridized carbons (Fsp3) is 0.429. The monoisotopic (exact) mass is 730 g/mol. The Balaban J connectivity index is 1.65. The Bertz CT molecular complexity index is 1230. The van der Waals surface area contributed by atoms with Gasteiger partial charge >= 0.3 is 0 Å². The van der Waals surface area contributed by atoms with Crippen molar-refractivity contribution < 1.29 is 13.9 Å². The second kappa shape index (κ2) is 11.6. The maximum Gasteiger partial charge on any atom is 0.255 e. The zero-order valence-corrected chi connectivity index (χ0v) is 26.4. The second-order valence-corrected chi connectivity index (χ2v) is 13.9. The normalized spacial score (nSPS) is 15.9. The predicted octanol–water partition coefficient (Wildman–Crippen LogP) is 8.17. The number of carbonyl (C=O) groups excluding carboxylic acids is 1. The second-order valence-electron chi connectivity index (χ2n) is 10.5. The molecule has 0 saturated heterocycles. The van der Waals surface area contributed by atoms with Crippen LogP contribution in [0.25, 0.3) is 0 Å². The van der Waals surface area contributed by atoms with Gasteiger partial charge in [-0.1, -0.05) is 20.8 Å². The Kier molecular flexibility index (Phi) is 8.87. The summed E-state index contributed by atoms with van der Waals surface area (Å²) >= 11 is 6.28. The van der Waals surface area contributed by atoms with E-state index >= 15 is 0 Å². The third kappa shape index (κ3) is 6.53. The van der Waals surface area contributed by atoms with Crippen LogP contribution < -0.4 is 10.1 Å². The first kappa shape index (κ1) is 27.6. The maximum atomic E-state index is 13.4. The molecule has 0 aliphatic heterocycles. The molecule has 36 heavy (non-hydrogen) atoms. The lowest BCUT2D eigenvalue weighted by Crippen LogP contribution is -2.28. The molecule has 0 radical (unpaired) electrons. The van der Waals surface area contributed by atoms with Gasteiger partial charge in [-0.15, -0.1) is 11.3 Å². The Morgan fingerprint density at radius 2 is 2.03 bits per heavy atom. The average Bonchev–Trinajstić information content (AvgIpc) is 3.44. The van der Waals surface area contributed by atoms with Crippen molar-refractivity contribution in [1.82, 2.24) is 5.32 Å². The van der Waals surface area contributed by atoms with Gasteiger partial charge < -0.3 is 14.5 Å². The van der Waals surface area contributed by atoms with Gasteiger partial charge in [-0.2, -0.15) is 0 Å². The van der Waals surface area contributed by atoms with Crippen LogP contribution in [0.3, 0.4) is 0 Å². The molecule has 2 aromatic heterocycles. The largest absolute Gasteiger partial charge is 0.489 e. The van der Waals surface area contributed by atoms with E-state index in [1.165, 1.54) is 4.88 Å². The van der Waals surface area contributed by atoms with Gasteiger partial charge in [0.15, 0.2) is 0 Å². The molecule has 8 heteroatoms. The molecule has 1 amide bonds. The van der Waals surface area contributed by atoms with Gasteiger partial charge in [0.25, 0.3) is 5.91 Å². The highest BCUT2D eigenvalue weighted by atomic mass is 127. The van der Waals surface area contributed by atoms with Gasteiger partial charge in [-0.05, 0) is 125 Å². The summed E-state index contributed by atoms with van der Waals surface area (Å²) in [6.45, 7) is 11.3. The van der Waals surface area contributed by atoms with Crippen LogP contribution >= 0.6 is 56.5 Å². The highest BCUT2D eigenvalue weighted by Crippen LogP contribution is 2.45. The van der Waals surface area contributed by atoms with Crippen molar-refractivity contribution in [3.63, 3.8) is 0 Å². The number of hydrogen-bond donors (Lipinski definition) is 1. The summed E-state index contributed by atoms with van der Waals surface area (Å²) in [7, 11) is 0. The number of amides is 1. The molecule has 2 heterocycles. The van der Waals surface area contributed by atoms with Gasteiger partial charge in [0, 0.05) is 11.1 Å². The van der Waals surface area contributed by atoms with E-state index in [2.05, 4.69) is 83.4 Å². The van der Waals surface area contributed by atoms with Gasteiger partial charge in [0.05, 0.1) is 31.6 Å². The third-order valence-corrected chi connectivity index (χ3v) is 9.17. The minimum Gasteiger partial charge on any atom is -0.489 e. The molecule has 1 aliphatic rings.